The molecular formula is C29H36ClN3O6. The smallest absolute Gasteiger partial charge is 0.408 e. The summed E-state index contributed by atoms with van der Waals surface area (Å²) in [7, 11) is 1.22. The van der Waals surface area contributed by atoms with Gasteiger partial charge in [0.25, 0.3) is 0 Å². The highest BCUT2D eigenvalue weighted by Gasteiger charge is 2.34. The van der Waals surface area contributed by atoms with Crippen molar-refractivity contribution in [2.24, 2.45) is 11.8 Å². The number of amides is 3. The molecule has 2 aromatic carbocycles. The largest absolute Gasteiger partial charge is 0.467 e. The number of ether oxygens (including phenoxy) is 2. The van der Waals surface area contributed by atoms with Crippen molar-refractivity contribution in [1.82, 2.24) is 16.0 Å². The Labute approximate surface area is 234 Å². The van der Waals surface area contributed by atoms with Crippen LogP contribution in [0.25, 0.3) is 0 Å². The lowest BCUT2D eigenvalue weighted by Crippen LogP contribution is -2.53. The molecule has 2 unspecified atom stereocenters. The van der Waals surface area contributed by atoms with E-state index in [-0.39, 0.29) is 18.2 Å². The van der Waals surface area contributed by atoms with Gasteiger partial charge in [-0.3, -0.25) is 9.59 Å². The van der Waals surface area contributed by atoms with E-state index in [0.717, 1.165) is 11.1 Å². The number of halogens is 1. The summed E-state index contributed by atoms with van der Waals surface area (Å²) in [6, 6.07) is 14.6. The third kappa shape index (κ3) is 9.28. The van der Waals surface area contributed by atoms with Gasteiger partial charge in [0.05, 0.1) is 7.11 Å². The molecule has 1 aliphatic heterocycles. The number of alkyl carbamates (subject to hydrolysis) is 1. The minimum Gasteiger partial charge on any atom is -0.467 e. The van der Waals surface area contributed by atoms with Gasteiger partial charge < -0.3 is 25.4 Å². The van der Waals surface area contributed by atoms with Gasteiger partial charge in [-0.15, -0.1) is 0 Å². The predicted molar refractivity (Wildman–Crippen MR) is 147 cm³/mol. The molecule has 3 amide bonds. The maximum Gasteiger partial charge on any atom is 0.408 e. The summed E-state index contributed by atoms with van der Waals surface area (Å²) < 4.78 is 10.7. The molecule has 1 saturated heterocycles. The normalized spacial score (nSPS) is 17.1. The van der Waals surface area contributed by atoms with Gasteiger partial charge >= 0.3 is 12.1 Å². The minimum atomic E-state index is -1.02. The van der Waals surface area contributed by atoms with E-state index in [1.807, 2.05) is 62.4 Å². The van der Waals surface area contributed by atoms with Crippen LogP contribution in [-0.4, -0.2) is 49.6 Å². The Bertz CT molecular complexity index is 1140. The molecule has 0 aromatic heterocycles. The molecule has 9 nitrogen and oxygen atoms in total. The van der Waals surface area contributed by atoms with Crippen LogP contribution in [0.1, 0.15) is 50.3 Å². The molecule has 0 aliphatic carbocycles. The third-order valence-corrected chi connectivity index (χ3v) is 6.77. The molecule has 210 valence electrons. The number of methoxy groups -OCH3 is 1. The molecule has 1 heterocycles. The molecule has 4 atom stereocenters. The van der Waals surface area contributed by atoms with E-state index in [1.165, 1.54) is 7.11 Å². The fourth-order valence-corrected chi connectivity index (χ4v) is 4.78. The van der Waals surface area contributed by atoms with Gasteiger partial charge in [0, 0.05) is 23.9 Å². The quantitative estimate of drug-likeness (QED) is 0.340. The predicted octanol–water partition coefficient (Wildman–Crippen LogP) is 3.95. The molecule has 0 radical (unpaired) electrons. The molecule has 10 heteroatoms. The van der Waals surface area contributed by atoms with Crippen LogP contribution < -0.4 is 16.0 Å². The Morgan fingerprint density at radius 2 is 1.79 bits per heavy atom. The van der Waals surface area contributed by atoms with E-state index in [1.54, 1.807) is 6.07 Å². The van der Waals surface area contributed by atoms with Crippen molar-refractivity contribution in [3.8, 4) is 0 Å². The number of rotatable bonds is 12. The van der Waals surface area contributed by atoms with Crippen LogP contribution in [0.3, 0.4) is 0 Å². The average Bonchev–Trinajstić information content (AvgIpc) is 3.31. The first-order valence-electron chi connectivity index (χ1n) is 13.1. The molecule has 39 heavy (non-hydrogen) atoms. The Morgan fingerprint density at radius 3 is 2.41 bits per heavy atom. The van der Waals surface area contributed by atoms with Gasteiger partial charge in [-0.2, -0.15) is 0 Å². The fourth-order valence-electron chi connectivity index (χ4n) is 4.56. The van der Waals surface area contributed by atoms with Crippen LogP contribution in [0.15, 0.2) is 54.6 Å². The number of esters is 1. The van der Waals surface area contributed by atoms with Crippen molar-refractivity contribution in [1.29, 1.82) is 0 Å². The standard InChI is InChI=1S/C29H36ClN3O6/c1-18(2)14-23(27(35)32-24(28(36)38-3)17-21-12-13-31-26(21)34)33-29(37)39-25(20-9-5-4-6-10-20)16-19-8-7-11-22(30)15-19/h4-11,15,18,21,23-25H,12-14,16-17H2,1-3H3,(H,31,34)(H,32,35)(H,33,37)/t21?,23-,24-,25?/m0/s1. The van der Waals surface area contributed by atoms with Crippen molar-refractivity contribution in [3.63, 3.8) is 0 Å². The van der Waals surface area contributed by atoms with Crippen molar-refractivity contribution < 1.29 is 28.7 Å². The summed E-state index contributed by atoms with van der Waals surface area (Å²) in [6.07, 6.45) is -0.0302. The van der Waals surface area contributed by atoms with Crippen LogP contribution in [0.4, 0.5) is 4.79 Å². The lowest BCUT2D eigenvalue weighted by atomic mass is 9.97. The Balaban J connectivity index is 1.72. The van der Waals surface area contributed by atoms with Crippen LogP contribution >= 0.6 is 11.6 Å². The van der Waals surface area contributed by atoms with Crippen LogP contribution in [0.2, 0.25) is 5.02 Å². The third-order valence-electron chi connectivity index (χ3n) is 6.53. The zero-order chi connectivity index (χ0) is 28.4. The van der Waals surface area contributed by atoms with Gasteiger partial charge in [-0.25, -0.2) is 9.59 Å². The number of benzene rings is 2. The Morgan fingerprint density at radius 1 is 1.05 bits per heavy atom. The maximum absolute atomic E-state index is 13.3. The van der Waals surface area contributed by atoms with E-state index in [9.17, 15) is 19.2 Å². The monoisotopic (exact) mass is 557 g/mol. The second-order valence-electron chi connectivity index (χ2n) is 10.1. The number of hydrogen-bond acceptors (Lipinski definition) is 6. The van der Waals surface area contributed by atoms with Crippen molar-refractivity contribution in [2.45, 2.75) is 57.7 Å². The van der Waals surface area contributed by atoms with Crippen LogP contribution in [0, 0.1) is 11.8 Å². The zero-order valence-electron chi connectivity index (χ0n) is 22.4. The molecule has 0 saturated carbocycles. The van der Waals surface area contributed by atoms with E-state index < -0.39 is 42.1 Å². The van der Waals surface area contributed by atoms with Gasteiger partial charge in [0.2, 0.25) is 11.8 Å². The Kier molecular flexibility index (Phi) is 11.2. The van der Waals surface area contributed by atoms with Crippen molar-refractivity contribution in [3.05, 3.63) is 70.7 Å². The summed E-state index contributed by atoms with van der Waals surface area (Å²) in [6.45, 7) is 4.35. The summed E-state index contributed by atoms with van der Waals surface area (Å²) in [4.78, 5) is 50.8. The summed E-state index contributed by atoms with van der Waals surface area (Å²) in [5, 5.41) is 8.66. The number of carbonyl (C=O) groups is 4. The van der Waals surface area contributed by atoms with E-state index in [2.05, 4.69) is 16.0 Å². The van der Waals surface area contributed by atoms with Crippen molar-refractivity contribution >= 4 is 35.5 Å². The Hall–Kier alpha value is -3.59. The molecule has 0 bridgehead atoms. The van der Waals surface area contributed by atoms with Gasteiger partial charge in [-0.05, 0) is 48.4 Å². The lowest BCUT2D eigenvalue weighted by Gasteiger charge is -2.25. The first-order chi connectivity index (χ1) is 18.7. The molecular weight excluding hydrogens is 522 g/mol. The molecule has 1 aliphatic rings. The van der Waals surface area contributed by atoms with Crippen LogP contribution in [0.5, 0.6) is 0 Å². The number of hydrogen-bond donors (Lipinski definition) is 3. The second-order valence-corrected chi connectivity index (χ2v) is 10.5. The first-order valence-corrected chi connectivity index (χ1v) is 13.5. The molecule has 2 aromatic rings. The number of nitrogens with one attached hydrogen (secondary N) is 3. The maximum atomic E-state index is 13.3. The summed E-state index contributed by atoms with van der Waals surface area (Å²) in [5.74, 6) is -1.73. The van der Waals surface area contributed by atoms with E-state index >= 15 is 0 Å². The van der Waals surface area contributed by atoms with Crippen LogP contribution in [-0.2, 0) is 30.3 Å². The van der Waals surface area contributed by atoms with Crippen molar-refractivity contribution in [2.75, 3.05) is 13.7 Å². The average molecular weight is 558 g/mol. The first kappa shape index (κ1) is 30.0. The summed E-state index contributed by atoms with van der Waals surface area (Å²) in [5.41, 5.74) is 1.68. The lowest BCUT2D eigenvalue weighted by molar-refractivity contribution is -0.146. The molecule has 0 spiro atoms. The molecule has 1 fully saturated rings. The summed E-state index contributed by atoms with van der Waals surface area (Å²) >= 11 is 6.15. The SMILES string of the molecule is COC(=O)[C@H](CC1CCNC1=O)NC(=O)[C@H](CC(C)C)NC(=O)OC(Cc1cccc(Cl)c1)c1ccccc1. The number of carbonyl (C=O) groups excluding carboxylic acids is 4. The molecule has 3 rings (SSSR count). The van der Waals surface area contributed by atoms with Gasteiger partial charge in [0.1, 0.15) is 18.2 Å². The minimum absolute atomic E-state index is 0.0506. The molecule has 3 N–H and O–H groups in total. The second kappa shape index (κ2) is 14.5. The van der Waals surface area contributed by atoms with E-state index in [0.29, 0.717) is 30.8 Å². The highest BCUT2D eigenvalue weighted by atomic mass is 35.5. The highest BCUT2D eigenvalue weighted by Crippen LogP contribution is 2.24. The fraction of sp³-hybridized carbons (Fsp3) is 0.448. The highest BCUT2D eigenvalue weighted by molar-refractivity contribution is 6.30. The topological polar surface area (TPSA) is 123 Å². The van der Waals surface area contributed by atoms with Gasteiger partial charge in [0.15, 0.2) is 0 Å². The zero-order valence-corrected chi connectivity index (χ0v) is 23.2. The van der Waals surface area contributed by atoms with E-state index in [4.69, 9.17) is 21.1 Å². The van der Waals surface area contributed by atoms with Gasteiger partial charge in [-0.1, -0.05) is 67.9 Å².